The summed E-state index contributed by atoms with van der Waals surface area (Å²) in [7, 11) is -4.10. The quantitative estimate of drug-likeness (QED) is 0.497. The summed E-state index contributed by atoms with van der Waals surface area (Å²) in [6.45, 7) is -0.0244. The number of benzene rings is 3. The highest BCUT2D eigenvalue weighted by Gasteiger charge is 2.35. The molecule has 0 saturated heterocycles. The molecule has 0 aromatic heterocycles. The zero-order valence-corrected chi connectivity index (χ0v) is 18.6. The fourth-order valence-electron chi connectivity index (χ4n) is 3.31. The lowest BCUT2D eigenvalue weighted by atomic mass is 10.1. The molecule has 4 N–H and O–H groups in total. The lowest BCUT2D eigenvalue weighted by Gasteiger charge is -2.29. The number of halogens is 1. The van der Waals surface area contributed by atoms with Crippen molar-refractivity contribution in [1.82, 2.24) is 4.31 Å². The number of nitrogens with two attached hydrogens (primary N) is 2. The van der Waals surface area contributed by atoms with Crippen LogP contribution in [0.2, 0.25) is 5.02 Å². The Kier molecular flexibility index (Phi) is 7.29. The Bertz CT molecular complexity index is 1200. The van der Waals surface area contributed by atoms with Gasteiger partial charge in [-0.1, -0.05) is 54.1 Å². The van der Waals surface area contributed by atoms with Gasteiger partial charge in [0.15, 0.2) is 0 Å². The molecular weight excluding hydrogens is 450 g/mol. The Labute approximate surface area is 191 Å². The summed E-state index contributed by atoms with van der Waals surface area (Å²) >= 11 is 5.91. The topological polar surface area (TPSA) is 124 Å². The number of primary amides is 2. The van der Waals surface area contributed by atoms with E-state index in [4.69, 9.17) is 23.1 Å². The maximum Gasteiger partial charge on any atom is 0.248 e. The zero-order valence-electron chi connectivity index (χ0n) is 17.0. The van der Waals surface area contributed by atoms with Crippen LogP contribution in [0.3, 0.4) is 0 Å². The first kappa shape index (κ1) is 23.5. The Morgan fingerprint density at radius 2 is 1.47 bits per heavy atom. The first-order valence-corrected chi connectivity index (χ1v) is 11.5. The lowest BCUT2D eigenvalue weighted by molar-refractivity contribution is -0.121. The van der Waals surface area contributed by atoms with E-state index in [1.54, 1.807) is 54.6 Å². The molecule has 0 saturated carbocycles. The fourth-order valence-corrected chi connectivity index (χ4v) is 5.02. The van der Waals surface area contributed by atoms with E-state index >= 15 is 0 Å². The van der Waals surface area contributed by atoms with Crippen molar-refractivity contribution in [3.05, 3.63) is 101 Å². The summed E-state index contributed by atoms with van der Waals surface area (Å²) in [5.74, 6) is -1.35. The molecule has 166 valence electrons. The van der Waals surface area contributed by atoms with Crippen LogP contribution < -0.4 is 11.5 Å². The third-order valence-corrected chi connectivity index (χ3v) is 7.08. The zero-order chi connectivity index (χ0) is 23.3. The third kappa shape index (κ3) is 5.34. The van der Waals surface area contributed by atoms with Crippen molar-refractivity contribution in [3.63, 3.8) is 0 Å². The van der Waals surface area contributed by atoms with Crippen LogP contribution in [-0.2, 0) is 21.2 Å². The largest absolute Gasteiger partial charge is 0.368 e. The summed E-state index contributed by atoms with van der Waals surface area (Å²) in [5.41, 5.74) is 12.5. The molecular formula is C23H22ClN3O4S. The fraction of sp³-hybridized carbons (Fsp3) is 0.130. The molecule has 0 aliphatic rings. The van der Waals surface area contributed by atoms with E-state index in [0.717, 1.165) is 9.87 Å². The van der Waals surface area contributed by atoms with Gasteiger partial charge in [0.25, 0.3) is 0 Å². The third-order valence-electron chi connectivity index (χ3n) is 4.95. The average Bonchev–Trinajstić information content (AvgIpc) is 2.77. The van der Waals surface area contributed by atoms with Crippen molar-refractivity contribution in [2.24, 2.45) is 11.5 Å². The molecule has 7 nitrogen and oxygen atoms in total. The van der Waals surface area contributed by atoms with Crippen molar-refractivity contribution in [1.29, 1.82) is 0 Å². The molecule has 32 heavy (non-hydrogen) atoms. The minimum Gasteiger partial charge on any atom is -0.368 e. The van der Waals surface area contributed by atoms with Crippen LogP contribution in [0.1, 0.15) is 27.5 Å². The van der Waals surface area contributed by atoms with E-state index < -0.39 is 27.9 Å². The van der Waals surface area contributed by atoms with Gasteiger partial charge in [-0.3, -0.25) is 9.59 Å². The first-order valence-electron chi connectivity index (χ1n) is 9.70. The van der Waals surface area contributed by atoms with E-state index in [2.05, 4.69) is 0 Å². The van der Waals surface area contributed by atoms with Gasteiger partial charge in [0.2, 0.25) is 21.8 Å². The molecule has 3 aromatic carbocycles. The van der Waals surface area contributed by atoms with Crippen LogP contribution in [0.5, 0.6) is 0 Å². The summed E-state index contributed by atoms with van der Waals surface area (Å²) in [6.07, 6.45) is 0.280. The number of carbonyl (C=O) groups is 2. The summed E-state index contributed by atoms with van der Waals surface area (Å²) in [5, 5.41) is 0.388. The molecule has 0 spiro atoms. The van der Waals surface area contributed by atoms with Gasteiger partial charge < -0.3 is 11.5 Å². The van der Waals surface area contributed by atoms with Gasteiger partial charge in [-0.15, -0.1) is 0 Å². The van der Waals surface area contributed by atoms with Crippen molar-refractivity contribution in [2.75, 3.05) is 6.54 Å². The van der Waals surface area contributed by atoms with Crippen molar-refractivity contribution < 1.29 is 18.0 Å². The summed E-state index contributed by atoms with van der Waals surface area (Å²) in [6, 6.07) is 19.5. The predicted molar refractivity (Wildman–Crippen MR) is 122 cm³/mol. The van der Waals surface area contributed by atoms with Gasteiger partial charge in [-0.05, 0) is 53.9 Å². The smallest absolute Gasteiger partial charge is 0.248 e. The number of nitrogens with zero attached hydrogens (tertiary/aromatic N) is 1. The number of amides is 2. The van der Waals surface area contributed by atoms with Crippen LogP contribution in [0, 0.1) is 0 Å². The van der Waals surface area contributed by atoms with Crippen LogP contribution in [-0.4, -0.2) is 31.1 Å². The lowest BCUT2D eigenvalue weighted by Crippen LogP contribution is -2.42. The second-order valence-electron chi connectivity index (χ2n) is 7.10. The van der Waals surface area contributed by atoms with Crippen LogP contribution in [0.25, 0.3) is 0 Å². The van der Waals surface area contributed by atoms with Crippen molar-refractivity contribution >= 4 is 33.4 Å². The monoisotopic (exact) mass is 471 g/mol. The van der Waals surface area contributed by atoms with E-state index in [-0.39, 0.29) is 17.9 Å². The van der Waals surface area contributed by atoms with Crippen LogP contribution >= 0.6 is 11.6 Å². The summed E-state index contributed by atoms with van der Waals surface area (Å²) < 4.78 is 28.2. The van der Waals surface area contributed by atoms with E-state index in [0.29, 0.717) is 16.1 Å². The normalized spacial score (nSPS) is 12.4. The van der Waals surface area contributed by atoms with Crippen molar-refractivity contribution in [2.45, 2.75) is 17.4 Å². The number of hydrogen-bond acceptors (Lipinski definition) is 4. The van der Waals surface area contributed by atoms with Gasteiger partial charge >= 0.3 is 0 Å². The molecule has 0 aliphatic carbocycles. The molecule has 2 amide bonds. The molecule has 0 fully saturated rings. The van der Waals surface area contributed by atoms with Gasteiger partial charge in [-0.2, -0.15) is 4.31 Å². The summed E-state index contributed by atoms with van der Waals surface area (Å²) in [4.78, 5) is 23.7. The number of hydrogen-bond donors (Lipinski definition) is 2. The van der Waals surface area contributed by atoms with Gasteiger partial charge in [0.1, 0.15) is 6.04 Å². The Balaban J connectivity index is 2.00. The van der Waals surface area contributed by atoms with Gasteiger partial charge in [-0.25, -0.2) is 8.42 Å². The number of sulfonamides is 1. The molecule has 1 atom stereocenters. The SMILES string of the molecule is NC(=O)c1ccc(CCN(C(C(N)=O)c2ccccc2)S(=O)(=O)c2ccc(Cl)cc2)cc1. The number of carbonyl (C=O) groups excluding carboxylic acids is 2. The highest BCUT2D eigenvalue weighted by atomic mass is 35.5. The highest BCUT2D eigenvalue weighted by molar-refractivity contribution is 7.89. The van der Waals surface area contributed by atoms with Crippen LogP contribution in [0.4, 0.5) is 0 Å². The molecule has 0 aliphatic heterocycles. The molecule has 9 heteroatoms. The molecule has 0 heterocycles. The highest BCUT2D eigenvalue weighted by Crippen LogP contribution is 2.29. The minimum absolute atomic E-state index is 0.00634. The van der Waals surface area contributed by atoms with Gasteiger partial charge in [0.05, 0.1) is 4.90 Å². The molecule has 3 rings (SSSR count). The van der Waals surface area contributed by atoms with Crippen molar-refractivity contribution in [3.8, 4) is 0 Å². The van der Waals surface area contributed by atoms with Crippen LogP contribution in [0.15, 0.2) is 83.8 Å². The number of rotatable bonds is 9. The Morgan fingerprint density at radius 1 is 0.875 bits per heavy atom. The second-order valence-corrected chi connectivity index (χ2v) is 9.42. The molecule has 3 aromatic rings. The predicted octanol–water partition coefficient (Wildman–Crippen LogP) is 2.90. The maximum absolute atomic E-state index is 13.5. The maximum atomic E-state index is 13.5. The minimum atomic E-state index is -4.10. The molecule has 0 radical (unpaired) electrons. The Hall–Kier alpha value is -3.20. The standard InChI is InChI=1S/C23H22ClN3O4S/c24-19-10-12-20(13-11-19)32(30,31)27(21(23(26)29)17-4-2-1-3-5-17)15-14-16-6-8-18(9-7-16)22(25)28/h1-13,21H,14-15H2,(H2,25,28)(H2,26,29). The van der Waals surface area contributed by atoms with E-state index in [1.807, 2.05) is 0 Å². The van der Waals surface area contributed by atoms with E-state index in [1.165, 1.54) is 24.3 Å². The second kappa shape index (κ2) is 9.95. The van der Waals surface area contributed by atoms with E-state index in [9.17, 15) is 18.0 Å². The molecule has 1 unspecified atom stereocenters. The first-order chi connectivity index (χ1) is 15.2. The molecule has 0 bridgehead atoms. The average molecular weight is 472 g/mol. The van der Waals surface area contributed by atoms with Gasteiger partial charge in [0, 0.05) is 17.1 Å². The Morgan fingerprint density at radius 3 is 2.00 bits per heavy atom.